The van der Waals surface area contributed by atoms with Crippen molar-refractivity contribution in [1.82, 2.24) is 0 Å². The van der Waals surface area contributed by atoms with Gasteiger partial charge in [-0.15, -0.1) is 0 Å². The van der Waals surface area contributed by atoms with Gasteiger partial charge >= 0.3 is 0 Å². The Hall–Kier alpha value is -1.10. The van der Waals surface area contributed by atoms with Crippen molar-refractivity contribution in [1.29, 1.82) is 0 Å². The maximum Gasteiger partial charge on any atom is 0.217 e. The van der Waals surface area contributed by atoms with E-state index >= 15 is 0 Å². The lowest BCUT2D eigenvalue weighted by atomic mass is 10.2. The Balaban J connectivity index is -0.000000303. The van der Waals surface area contributed by atoms with Crippen LogP contribution < -0.4 is 11.5 Å². The van der Waals surface area contributed by atoms with Crippen LogP contribution in [0.15, 0.2) is 0 Å². The normalized spacial score (nSPS) is 9.58. The van der Waals surface area contributed by atoms with Gasteiger partial charge in [0.1, 0.15) is 0 Å². The topological polar surface area (TPSA) is 86.2 Å². The molecule has 0 rings (SSSR count). The number of hydrogen-bond acceptors (Lipinski definition) is 2. The minimum absolute atomic E-state index is 0.180. The fourth-order valence-corrected chi connectivity index (χ4v) is 1.06. The molecule has 2 amide bonds. The molecular weight excluding hydrogens is 242 g/mol. The summed E-state index contributed by atoms with van der Waals surface area (Å²) < 4.78 is 0.997. The molecule has 0 heterocycles. The van der Waals surface area contributed by atoms with Gasteiger partial charge in [-0.3, -0.25) is 9.59 Å². The molecule has 19 heavy (non-hydrogen) atoms. The van der Waals surface area contributed by atoms with Gasteiger partial charge in [0, 0.05) is 13.3 Å². The van der Waals surface area contributed by atoms with Gasteiger partial charge < -0.3 is 16.0 Å². The monoisotopic (exact) mass is 276 g/mol. The summed E-state index contributed by atoms with van der Waals surface area (Å²) in [7, 11) is 6.52. The number of hydrogen-bond donors (Lipinski definition) is 2. The Bertz CT molecular complexity index is 219. The fraction of sp³-hybridized carbons (Fsp3) is 0.857. The van der Waals surface area contributed by atoms with E-state index in [4.69, 9.17) is 5.73 Å². The predicted octanol–water partition coefficient (Wildman–Crippen LogP) is 1.65. The van der Waals surface area contributed by atoms with Gasteiger partial charge in [-0.2, -0.15) is 0 Å². The van der Waals surface area contributed by atoms with Crippen molar-refractivity contribution in [3.8, 4) is 0 Å². The first-order valence-electron chi connectivity index (χ1n) is 6.91. The lowest BCUT2D eigenvalue weighted by Gasteiger charge is -2.23. The first kappa shape index (κ1) is 23.0. The molecule has 0 saturated carbocycles. The lowest BCUT2D eigenvalue weighted by molar-refractivity contribution is -0.870. The molecule has 0 unspecified atom stereocenters. The molecule has 0 spiro atoms. The molecule has 116 valence electrons. The smallest absolute Gasteiger partial charge is 0.217 e. The predicted molar refractivity (Wildman–Crippen MR) is 81.4 cm³/mol. The Morgan fingerprint density at radius 1 is 0.947 bits per heavy atom. The number of nitrogens with zero attached hydrogens (tertiary/aromatic N) is 1. The number of unbranched alkanes of at least 4 members (excludes halogenated alkanes) is 2. The Morgan fingerprint density at radius 3 is 1.58 bits per heavy atom. The van der Waals surface area contributed by atoms with Crippen LogP contribution in [0.4, 0.5) is 0 Å². The van der Waals surface area contributed by atoms with Gasteiger partial charge in [-0.25, -0.2) is 0 Å². The number of carbonyl (C=O) groups is 2. The van der Waals surface area contributed by atoms with Crippen LogP contribution in [-0.4, -0.2) is 44.0 Å². The minimum Gasteiger partial charge on any atom is -0.370 e. The highest BCUT2D eigenvalue weighted by Crippen LogP contribution is 2.02. The van der Waals surface area contributed by atoms with Crippen LogP contribution in [0.25, 0.3) is 0 Å². The van der Waals surface area contributed by atoms with Crippen LogP contribution in [0.1, 0.15) is 52.9 Å². The van der Waals surface area contributed by atoms with Gasteiger partial charge in [-0.05, 0) is 19.3 Å². The third-order valence-corrected chi connectivity index (χ3v) is 1.75. The Morgan fingerprint density at radius 2 is 1.32 bits per heavy atom. The van der Waals surface area contributed by atoms with Crippen LogP contribution >= 0.6 is 0 Å². The first-order valence-corrected chi connectivity index (χ1v) is 6.91. The van der Waals surface area contributed by atoms with Gasteiger partial charge in [0.15, 0.2) is 0 Å². The molecule has 0 fully saturated rings. The summed E-state index contributed by atoms with van der Waals surface area (Å²) in [6, 6.07) is 0. The van der Waals surface area contributed by atoms with Gasteiger partial charge in [0.25, 0.3) is 0 Å². The van der Waals surface area contributed by atoms with E-state index in [2.05, 4.69) is 40.7 Å². The molecule has 0 aliphatic rings. The molecule has 0 aromatic carbocycles. The van der Waals surface area contributed by atoms with Gasteiger partial charge in [0.05, 0.1) is 27.7 Å². The number of primary amides is 2. The highest BCUT2D eigenvalue weighted by atomic mass is 16.1. The molecule has 5 heteroatoms. The molecule has 4 N–H and O–H groups in total. The van der Waals surface area contributed by atoms with Crippen molar-refractivity contribution in [2.45, 2.75) is 52.9 Å². The van der Waals surface area contributed by atoms with Crippen molar-refractivity contribution >= 4 is 11.8 Å². The molecule has 0 bridgehead atoms. The summed E-state index contributed by atoms with van der Waals surface area (Å²) >= 11 is 0. The quantitative estimate of drug-likeness (QED) is 0.571. The second kappa shape index (κ2) is 15.0. The highest BCUT2D eigenvalue weighted by molar-refractivity contribution is 5.73. The molecule has 0 atom stereocenters. The van der Waals surface area contributed by atoms with E-state index in [0.717, 1.165) is 17.3 Å². The van der Waals surface area contributed by atoms with E-state index < -0.39 is 0 Å². The second-order valence-electron chi connectivity index (χ2n) is 5.61. The maximum atomic E-state index is 10.4. The molecule has 0 aliphatic carbocycles. The first-order chi connectivity index (χ1) is 8.56. The van der Waals surface area contributed by atoms with E-state index in [-0.39, 0.29) is 11.8 Å². The third-order valence-electron chi connectivity index (χ3n) is 1.75. The maximum absolute atomic E-state index is 10.4. The summed E-state index contributed by atoms with van der Waals surface area (Å²) in [5.74, 6) is -0.514. The fourth-order valence-electron chi connectivity index (χ4n) is 1.06. The highest BCUT2D eigenvalue weighted by Gasteiger charge is 2.05. The van der Waals surface area contributed by atoms with Crippen LogP contribution in [0.3, 0.4) is 0 Å². The van der Waals surface area contributed by atoms with Crippen LogP contribution in [0.5, 0.6) is 0 Å². The molecule has 0 radical (unpaired) electrons. The molecule has 0 aromatic rings. The van der Waals surface area contributed by atoms with E-state index in [1.54, 1.807) is 0 Å². The SMILES string of the molecule is CC(N)=O.CCC.C[N+](C)(C)CCCCCC(N)=O. The van der Waals surface area contributed by atoms with Crippen molar-refractivity contribution in [3.05, 3.63) is 0 Å². The van der Waals surface area contributed by atoms with Crippen LogP contribution in [0, 0.1) is 0 Å². The Labute approximate surface area is 118 Å². The minimum atomic E-state index is -0.333. The van der Waals surface area contributed by atoms with Crippen molar-refractivity contribution in [2.24, 2.45) is 11.5 Å². The number of quaternary nitrogens is 1. The van der Waals surface area contributed by atoms with Crippen molar-refractivity contribution in [3.63, 3.8) is 0 Å². The molecule has 0 saturated heterocycles. The zero-order valence-electron chi connectivity index (χ0n) is 13.7. The lowest BCUT2D eigenvalue weighted by Crippen LogP contribution is -2.35. The average molecular weight is 276 g/mol. The molecule has 0 aromatic heterocycles. The van der Waals surface area contributed by atoms with Crippen molar-refractivity contribution in [2.75, 3.05) is 27.7 Å². The van der Waals surface area contributed by atoms with Crippen LogP contribution in [-0.2, 0) is 9.59 Å². The number of rotatable bonds is 6. The molecule has 5 nitrogen and oxygen atoms in total. The number of carbonyl (C=O) groups excluding carboxylic acids is 2. The zero-order valence-corrected chi connectivity index (χ0v) is 13.7. The summed E-state index contributed by atoms with van der Waals surface area (Å²) in [6.45, 7) is 6.72. The summed E-state index contributed by atoms with van der Waals surface area (Å²) in [4.78, 5) is 19.6. The average Bonchev–Trinajstić information content (AvgIpc) is 2.14. The largest absolute Gasteiger partial charge is 0.370 e. The van der Waals surface area contributed by atoms with E-state index in [1.165, 1.54) is 26.3 Å². The van der Waals surface area contributed by atoms with Gasteiger partial charge in [0.2, 0.25) is 11.8 Å². The van der Waals surface area contributed by atoms with E-state index in [1.807, 2.05) is 0 Å². The summed E-state index contributed by atoms with van der Waals surface area (Å²) in [5.41, 5.74) is 9.49. The number of nitrogens with two attached hydrogens (primary N) is 2. The standard InChI is InChI=1S/C9H20N2O.C3H8.C2H5NO/c1-11(2,3)8-6-4-5-7-9(10)12;1-3-2;1-2(3)4/h4-8H2,1-3H3,(H-,10,12);3H2,1-2H3;1H3,(H2,3,4)/p+1. The molecule has 0 aliphatic heterocycles. The number of amides is 2. The van der Waals surface area contributed by atoms with Crippen LogP contribution in [0.2, 0.25) is 0 Å². The Kier molecular flexibility index (Phi) is 18.1. The zero-order chi connectivity index (χ0) is 15.9. The molecular formula is C14H34N3O2+. The van der Waals surface area contributed by atoms with E-state index in [9.17, 15) is 9.59 Å². The summed E-state index contributed by atoms with van der Waals surface area (Å²) in [6.07, 6.45) is 5.02. The van der Waals surface area contributed by atoms with E-state index in [0.29, 0.717) is 6.42 Å². The third kappa shape index (κ3) is 60.1. The van der Waals surface area contributed by atoms with Gasteiger partial charge in [-0.1, -0.05) is 20.3 Å². The summed E-state index contributed by atoms with van der Waals surface area (Å²) in [5, 5.41) is 0. The van der Waals surface area contributed by atoms with Crippen molar-refractivity contribution < 1.29 is 14.1 Å². The second-order valence-corrected chi connectivity index (χ2v) is 5.61.